The van der Waals surface area contributed by atoms with E-state index in [1.165, 1.54) is 16.3 Å². The van der Waals surface area contributed by atoms with E-state index in [2.05, 4.69) is 92.8 Å². The van der Waals surface area contributed by atoms with E-state index in [-0.39, 0.29) is 12.2 Å². The van der Waals surface area contributed by atoms with Crippen molar-refractivity contribution in [2.75, 3.05) is 19.0 Å². The van der Waals surface area contributed by atoms with Crippen LogP contribution in [0.3, 0.4) is 0 Å². The second-order valence-electron chi connectivity index (χ2n) is 10.7. The van der Waals surface area contributed by atoms with Gasteiger partial charge in [-0.2, -0.15) is 0 Å². The number of nitrogens with one attached hydrogen (secondary N) is 1. The van der Waals surface area contributed by atoms with Crippen LogP contribution < -0.4 is 14.8 Å². The van der Waals surface area contributed by atoms with Gasteiger partial charge in [0.15, 0.2) is 0 Å². The zero-order valence-electron chi connectivity index (χ0n) is 23.4. The SMILES string of the molecule is CCCCOC1c2cc(NCc3ccc(OC)cc3)ccc2OC(C)(C)C1OCc1ccc2ccccc2c1. The van der Waals surface area contributed by atoms with Crippen LogP contribution >= 0.6 is 0 Å². The standard InChI is InChI=1S/C34H39NO4/c1-5-6-19-37-32-30-21-28(35-22-24-12-16-29(36-4)17-13-24)15-18-31(30)39-34(2,3)33(32)38-23-25-11-14-26-9-7-8-10-27(26)20-25/h7-18,20-21,32-33,35H,5-6,19,22-23H2,1-4H3. The minimum atomic E-state index is -0.557. The Kier molecular flexibility index (Phi) is 8.39. The zero-order chi connectivity index (χ0) is 27.2. The van der Waals surface area contributed by atoms with Gasteiger partial charge in [-0.1, -0.05) is 61.9 Å². The highest BCUT2D eigenvalue weighted by Crippen LogP contribution is 2.44. The first-order valence-electron chi connectivity index (χ1n) is 13.9. The average Bonchev–Trinajstić information content (AvgIpc) is 2.95. The van der Waals surface area contributed by atoms with Crippen LogP contribution in [-0.4, -0.2) is 25.4 Å². The lowest BCUT2D eigenvalue weighted by Crippen LogP contribution is -2.51. The van der Waals surface area contributed by atoms with Crippen molar-refractivity contribution in [3.05, 3.63) is 102 Å². The van der Waals surface area contributed by atoms with Crippen molar-refractivity contribution in [3.63, 3.8) is 0 Å². The molecule has 5 nitrogen and oxygen atoms in total. The number of hydrogen-bond acceptors (Lipinski definition) is 5. The van der Waals surface area contributed by atoms with Crippen molar-refractivity contribution in [1.82, 2.24) is 0 Å². The molecule has 1 aliphatic rings. The highest BCUT2D eigenvalue weighted by atomic mass is 16.6. The van der Waals surface area contributed by atoms with Gasteiger partial charge < -0.3 is 24.3 Å². The monoisotopic (exact) mass is 525 g/mol. The molecule has 0 saturated carbocycles. The molecule has 39 heavy (non-hydrogen) atoms. The van der Waals surface area contributed by atoms with Gasteiger partial charge in [0.2, 0.25) is 0 Å². The predicted octanol–water partition coefficient (Wildman–Crippen LogP) is 8.07. The lowest BCUT2D eigenvalue weighted by Gasteiger charge is -2.44. The maximum Gasteiger partial charge on any atom is 0.132 e. The lowest BCUT2D eigenvalue weighted by molar-refractivity contribution is -0.167. The van der Waals surface area contributed by atoms with Crippen LogP contribution in [0.2, 0.25) is 0 Å². The second-order valence-corrected chi connectivity index (χ2v) is 10.7. The van der Waals surface area contributed by atoms with Gasteiger partial charge >= 0.3 is 0 Å². The molecule has 0 saturated heterocycles. The molecule has 5 rings (SSSR count). The third-order valence-corrected chi connectivity index (χ3v) is 7.34. The summed E-state index contributed by atoms with van der Waals surface area (Å²) in [5, 5.41) is 6.00. The maximum atomic E-state index is 6.64. The number of methoxy groups -OCH3 is 1. The number of fused-ring (bicyclic) bond motifs is 2. The molecule has 0 spiro atoms. The molecule has 0 bridgehead atoms. The Bertz CT molecular complexity index is 1380. The minimum absolute atomic E-state index is 0.238. The van der Waals surface area contributed by atoms with Gasteiger partial charge in [-0.25, -0.2) is 0 Å². The Morgan fingerprint density at radius 1 is 0.846 bits per heavy atom. The molecule has 204 valence electrons. The topological polar surface area (TPSA) is 49.0 Å². The van der Waals surface area contributed by atoms with Crippen molar-refractivity contribution in [2.24, 2.45) is 0 Å². The fraction of sp³-hybridized carbons (Fsp3) is 0.353. The van der Waals surface area contributed by atoms with E-state index < -0.39 is 5.60 Å². The lowest BCUT2D eigenvalue weighted by atomic mass is 9.87. The van der Waals surface area contributed by atoms with E-state index in [0.29, 0.717) is 19.8 Å². The van der Waals surface area contributed by atoms with E-state index in [1.807, 2.05) is 18.2 Å². The number of rotatable bonds is 11. The number of ether oxygens (including phenoxy) is 4. The molecule has 1 heterocycles. The molecule has 1 aliphatic heterocycles. The van der Waals surface area contributed by atoms with Crippen LogP contribution in [0.4, 0.5) is 5.69 Å². The first-order chi connectivity index (χ1) is 19.0. The van der Waals surface area contributed by atoms with Crippen molar-refractivity contribution in [1.29, 1.82) is 0 Å². The van der Waals surface area contributed by atoms with E-state index in [9.17, 15) is 0 Å². The van der Waals surface area contributed by atoms with Crippen molar-refractivity contribution < 1.29 is 18.9 Å². The molecule has 2 atom stereocenters. The largest absolute Gasteiger partial charge is 0.497 e. The smallest absolute Gasteiger partial charge is 0.132 e. The summed E-state index contributed by atoms with van der Waals surface area (Å²) in [5.74, 6) is 1.70. The molecule has 0 amide bonds. The van der Waals surface area contributed by atoms with Gasteiger partial charge in [0.25, 0.3) is 0 Å². The van der Waals surface area contributed by atoms with Gasteiger partial charge in [-0.05, 0) is 78.6 Å². The molecule has 2 unspecified atom stereocenters. The average molecular weight is 526 g/mol. The molecule has 4 aromatic rings. The Hall–Kier alpha value is -3.54. The van der Waals surface area contributed by atoms with Gasteiger partial charge in [-0.15, -0.1) is 0 Å². The normalized spacial score (nSPS) is 17.8. The van der Waals surface area contributed by atoms with Gasteiger partial charge in [-0.3, -0.25) is 0 Å². The highest BCUT2D eigenvalue weighted by molar-refractivity contribution is 5.82. The first-order valence-corrected chi connectivity index (χ1v) is 13.9. The summed E-state index contributed by atoms with van der Waals surface area (Å²) in [4.78, 5) is 0. The van der Waals surface area contributed by atoms with E-state index in [4.69, 9.17) is 18.9 Å². The Morgan fingerprint density at radius 2 is 1.62 bits per heavy atom. The fourth-order valence-corrected chi connectivity index (χ4v) is 5.12. The number of unbranched alkanes of at least 4 members (excludes halogenated alkanes) is 1. The van der Waals surface area contributed by atoms with E-state index >= 15 is 0 Å². The summed E-state index contributed by atoms with van der Waals surface area (Å²) in [6.07, 6.45) is 1.56. The van der Waals surface area contributed by atoms with Gasteiger partial charge in [0.1, 0.15) is 29.3 Å². The van der Waals surface area contributed by atoms with Crippen LogP contribution in [0.5, 0.6) is 11.5 Å². The van der Waals surface area contributed by atoms with Crippen LogP contribution in [0.1, 0.15) is 56.4 Å². The van der Waals surface area contributed by atoms with Crippen molar-refractivity contribution >= 4 is 16.5 Å². The van der Waals surface area contributed by atoms with Crippen LogP contribution in [0.15, 0.2) is 84.9 Å². The third kappa shape index (κ3) is 6.38. The maximum absolute atomic E-state index is 6.64. The van der Waals surface area contributed by atoms with E-state index in [0.717, 1.165) is 41.2 Å². The van der Waals surface area contributed by atoms with Crippen LogP contribution in [-0.2, 0) is 22.6 Å². The van der Waals surface area contributed by atoms with Gasteiger partial charge in [0, 0.05) is 24.4 Å². The predicted molar refractivity (Wildman–Crippen MR) is 158 cm³/mol. The third-order valence-electron chi connectivity index (χ3n) is 7.34. The molecule has 0 fully saturated rings. The number of anilines is 1. The summed E-state index contributed by atoms with van der Waals surface area (Å²) in [6, 6.07) is 29.3. The highest BCUT2D eigenvalue weighted by Gasteiger charge is 2.45. The molecule has 4 aromatic carbocycles. The van der Waals surface area contributed by atoms with Gasteiger partial charge in [0.05, 0.1) is 13.7 Å². The summed E-state index contributed by atoms with van der Waals surface area (Å²) < 4.78 is 25.0. The zero-order valence-corrected chi connectivity index (χ0v) is 23.4. The Labute approximate surface area is 232 Å². The summed E-state index contributed by atoms with van der Waals surface area (Å²) in [7, 11) is 1.68. The quantitative estimate of drug-likeness (QED) is 0.201. The van der Waals surface area contributed by atoms with E-state index in [1.54, 1.807) is 7.11 Å². The summed E-state index contributed by atoms with van der Waals surface area (Å²) >= 11 is 0. The molecule has 1 N–H and O–H groups in total. The van der Waals surface area contributed by atoms with Crippen LogP contribution in [0.25, 0.3) is 10.8 Å². The molecular weight excluding hydrogens is 486 g/mol. The van der Waals surface area contributed by atoms with Crippen molar-refractivity contribution in [2.45, 2.75) is 64.6 Å². The Balaban J connectivity index is 1.37. The fourth-order valence-electron chi connectivity index (χ4n) is 5.12. The molecular formula is C34H39NO4. The molecule has 0 aliphatic carbocycles. The second kappa shape index (κ2) is 12.1. The number of hydrogen-bond donors (Lipinski definition) is 1. The summed E-state index contributed by atoms with van der Waals surface area (Å²) in [5.41, 5.74) is 3.80. The van der Waals surface area contributed by atoms with Crippen molar-refractivity contribution in [3.8, 4) is 11.5 Å². The Morgan fingerprint density at radius 3 is 2.38 bits per heavy atom. The van der Waals surface area contributed by atoms with Crippen LogP contribution in [0, 0.1) is 0 Å². The molecule has 0 radical (unpaired) electrons. The molecule has 5 heteroatoms. The molecule has 0 aromatic heterocycles. The number of benzene rings is 4. The summed E-state index contributed by atoms with van der Waals surface area (Å²) in [6.45, 7) is 8.23. The minimum Gasteiger partial charge on any atom is -0.497 e. The first kappa shape index (κ1) is 27.0.